The molecule has 3 N–H and O–H groups in total. The zero-order chi connectivity index (χ0) is 15.4. The summed E-state index contributed by atoms with van der Waals surface area (Å²) in [6, 6.07) is 6.45. The molecule has 1 unspecified atom stereocenters. The van der Waals surface area contributed by atoms with Gasteiger partial charge in [-0.1, -0.05) is 23.8 Å². The number of amides is 1. The third-order valence-corrected chi connectivity index (χ3v) is 4.23. The van der Waals surface area contributed by atoms with Crippen molar-refractivity contribution in [2.24, 2.45) is 5.73 Å². The van der Waals surface area contributed by atoms with Crippen LogP contribution in [0.5, 0.6) is 0 Å². The molecule has 2 aromatic rings. The predicted molar refractivity (Wildman–Crippen MR) is 86.6 cm³/mol. The van der Waals surface area contributed by atoms with Gasteiger partial charge < -0.3 is 11.1 Å². The van der Waals surface area contributed by atoms with Crippen LogP contribution in [-0.4, -0.2) is 16.9 Å². The van der Waals surface area contributed by atoms with Crippen molar-refractivity contribution >= 4 is 17.2 Å². The molecule has 1 aromatic carbocycles. The zero-order valence-electron chi connectivity index (χ0n) is 12.6. The van der Waals surface area contributed by atoms with Crippen LogP contribution < -0.4 is 11.1 Å². The molecule has 0 fully saturated rings. The number of rotatable bonds is 5. The Kier molecular flexibility index (Phi) is 5.09. The summed E-state index contributed by atoms with van der Waals surface area (Å²) < 4.78 is 0. The number of benzene rings is 1. The minimum Gasteiger partial charge on any atom is -0.348 e. The van der Waals surface area contributed by atoms with Gasteiger partial charge in [0.1, 0.15) is 10.7 Å². The highest BCUT2D eigenvalue weighted by Gasteiger charge is 2.14. The van der Waals surface area contributed by atoms with Gasteiger partial charge in [0.25, 0.3) is 5.91 Å². The summed E-state index contributed by atoms with van der Waals surface area (Å²) in [6.45, 7) is 6.56. The fraction of sp³-hybridized carbons (Fsp3) is 0.375. The number of aromatic nitrogens is 1. The van der Waals surface area contributed by atoms with E-state index in [2.05, 4.69) is 42.3 Å². The first-order valence-electron chi connectivity index (χ1n) is 7.01. The Labute approximate surface area is 129 Å². The van der Waals surface area contributed by atoms with Crippen molar-refractivity contribution in [2.75, 3.05) is 0 Å². The molecular formula is C16H21N3OS. The molecular weight excluding hydrogens is 282 g/mol. The lowest BCUT2D eigenvalue weighted by Gasteiger charge is -2.15. The van der Waals surface area contributed by atoms with Gasteiger partial charge in [-0.3, -0.25) is 4.79 Å². The number of carbonyl (C=O) groups is 1. The Balaban J connectivity index is 1.97. The highest BCUT2D eigenvalue weighted by atomic mass is 32.1. The van der Waals surface area contributed by atoms with Gasteiger partial charge in [-0.25, -0.2) is 4.98 Å². The number of nitrogens with zero attached hydrogens (tertiary/aromatic N) is 1. The maximum atomic E-state index is 12.1. The van der Waals surface area contributed by atoms with Crippen molar-refractivity contribution in [3.05, 3.63) is 51.0 Å². The fourth-order valence-corrected chi connectivity index (χ4v) is 2.92. The lowest BCUT2D eigenvalue weighted by molar-refractivity contribution is 0.0935. The Bertz CT molecular complexity index is 636. The topological polar surface area (TPSA) is 68.0 Å². The molecule has 1 heterocycles. The average molecular weight is 303 g/mol. The summed E-state index contributed by atoms with van der Waals surface area (Å²) in [5, 5.41) is 5.52. The molecule has 0 radical (unpaired) electrons. The molecule has 2 rings (SSSR count). The molecule has 21 heavy (non-hydrogen) atoms. The summed E-state index contributed by atoms with van der Waals surface area (Å²) in [6.07, 6.45) is 0.811. The molecule has 1 amide bonds. The van der Waals surface area contributed by atoms with Crippen molar-refractivity contribution in [2.45, 2.75) is 39.8 Å². The minimum atomic E-state index is -0.136. The van der Waals surface area contributed by atoms with E-state index in [4.69, 9.17) is 5.73 Å². The molecule has 1 atom stereocenters. The number of hydrogen-bond donors (Lipinski definition) is 2. The second-order valence-electron chi connectivity index (χ2n) is 5.34. The summed E-state index contributed by atoms with van der Waals surface area (Å²) in [5.74, 6) is -0.136. The first-order chi connectivity index (χ1) is 9.99. The number of carbonyl (C=O) groups excluding carboxylic acids is 1. The van der Waals surface area contributed by atoms with Gasteiger partial charge in [0.05, 0.1) is 0 Å². The Morgan fingerprint density at radius 3 is 2.81 bits per heavy atom. The third-order valence-electron chi connectivity index (χ3n) is 3.36. The molecule has 0 saturated heterocycles. The van der Waals surface area contributed by atoms with Gasteiger partial charge in [-0.05, 0) is 38.3 Å². The van der Waals surface area contributed by atoms with Crippen LogP contribution in [0.2, 0.25) is 0 Å². The molecule has 0 aliphatic rings. The lowest BCUT2D eigenvalue weighted by Crippen LogP contribution is -2.34. The third kappa shape index (κ3) is 4.12. The predicted octanol–water partition coefficient (Wildman–Crippen LogP) is 2.58. The van der Waals surface area contributed by atoms with E-state index in [-0.39, 0.29) is 11.9 Å². The molecule has 4 nitrogen and oxygen atoms in total. The van der Waals surface area contributed by atoms with Crippen molar-refractivity contribution in [3.8, 4) is 0 Å². The maximum Gasteiger partial charge on any atom is 0.270 e. The van der Waals surface area contributed by atoms with Gasteiger partial charge in [-0.15, -0.1) is 11.3 Å². The molecule has 0 aliphatic heterocycles. The Morgan fingerprint density at radius 1 is 1.43 bits per heavy atom. The molecule has 0 bridgehead atoms. The van der Waals surface area contributed by atoms with Gasteiger partial charge in [0, 0.05) is 18.0 Å². The average Bonchev–Trinajstić information content (AvgIpc) is 2.91. The number of thiazole rings is 1. The van der Waals surface area contributed by atoms with Crippen LogP contribution in [0.4, 0.5) is 0 Å². The SMILES string of the molecule is Cc1ccc(CC(C)NC(=O)c2csc(CN)n2)c(C)c1. The van der Waals surface area contributed by atoms with Crippen molar-refractivity contribution in [1.82, 2.24) is 10.3 Å². The van der Waals surface area contributed by atoms with E-state index in [0.29, 0.717) is 12.2 Å². The van der Waals surface area contributed by atoms with Crippen LogP contribution in [0.15, 0.2) is 23.6 Å². The van der Waals surface area contributed by atoms with Crippen LogP contribution in [0.1, 0.15) is 39.1 Å². The van der Waals surface area contributed by atoms with Crippen molar-refractivity contribution in [1.29, 1.82) is 0 Å². The van der Waals surface area contributed by atoms with Crippen molar-refractivity contribution in [3.63, 3.8) is 0 Å². The van der Waals surface area contributed by atoms with Crippen LogP contribution in [0.25, 0.3) is 0 Å². The van der Waals surface area contributed by atoms with E-state index < -0.39 is 0 Å². The zero-order valence-corrected chi connectivity index (χ0v) is 13.5. The van der Waals surface area contributed by atoms with E-state index in [1.165, 1.54) is 28.0 Å². The molecule has 0 saturated carbocycles. The molecule has 5 heteroatoms. The molecule has 0 spiro atoms. The summed E-state index contributed by atoms with van der Waals surface area (Å²) >= 11 is 1.42. The van der Waals surface area contributed by atoms with Crippen LogP contribution in [0.3, 0.4) is 0 Å². The minimum absolute atomic E-state index is 0.0573. The van der Waals surface area contributed by atoms with Gasteiger partial charge >= 0.3 is 0 Å². The first kappa shape index (κ1) is 15.7. The smallest absolute Gasteiger partial charge is 0.270 e. The van der Waals surface area contributed by atoms with Gasteiger partial charge in [0.2, 0.25) is 0 Å². The van der Waals surface area contributed by atoms with Crippen LogP contribution >= 0.6 is 11.3 Å². The fourth-order valence-electron chi connectivity index (χ4n) is 2.26. The van der Waals surface area contributed by atoms with Gasteiger partial charge in [-0.2, -0.15) is 0 Å². The Hall–Kier alpha value is -1.72. The van der Waals surface area contributed by atoms with E-state index in [1.807, 2.05) is 6.92 Å². The van der Waals surface area contributed by atoms with Crippen molar-refractivity contribution < 1.29 is 4.79 Å². The molecule has 0 aliphatic carbocycles. The van der Waals surface area contributed by atoms with Crippen LogP contribution in [0, 0.1) is 13.8 Å². The van der Waals surface area contributed by atoms with E-state index in [9.17, 15) is 4.79 Å². The van der Waals surface area contributed by atoms with Gasteiger partial charge in [0.15, 0.2) is 0 Å². The van der Waals surface area contributed by atoms with Crippen LogP contribution in [-0.2, 0) is 13.0 Å². The number of aryl methyl sites for hydroxylation is 2. The number of hydrogen-bond acceptors (Lipinski definition) is 4. The molecule has 112 valence electrons. The van der Waals surface area contributed by atoms with E-state index in [1.54, 1.807) is 5.38 Å². The number of nitrogens with two attached hydrogens (primary N) is 1. The lowest BCUT2D eigenvalue weighted by atomic mass is 10.00. The van der Waals surface area contributed by atoms with E-state index in [0.717, 1.165) is 11.4 Å². The maximum absolute atomic E-state index is 12.1. The summed E-state index contributed by atoms with van der Waals surface area (Å²) in [5.41, 5.74) is 9.74. The normalized spacial score (nSPS) is 12.2. The summed E-state index contributed by atoms with van der Waals surface area (Å²) in [4.78, 5) is 16.3. The highest BCUT2D eigenvalue weighted by molar-refractivity contribution is 7.09. The monoisotopic (exact) mass is 303 g/mol. The highest BCUT2D eigenvalue weighted by Crippen LogP contribution is 2.13. The Morgan fingerprint density at radius 2 is 2.19 bits per heavy atom. The largest absolute Gasteiger partial charge is 0.348 e. The second-order valence-corrected chi connectivity index (χ2v) is 6.28. The second kappa shape index (κ2) is 6.83. The summed E-state index contributed by atoms with van der Waals surface area (Å²) in [7, 11) is 0. The van der Waals surface area contributed by atoms with E-state index >= 15 is 0 Å². The quantitative estimate of drug-likeness (QED) is 0.892. The molecule has 1 aromatic heterocycles. The number of nitrogens with one attached hydrogen (secondary N) is 1. The standard InChI is InChI=1S/C16H21N3OS/c1-10-4-5-13(11(2)6-10)7-12(3)18-16(20)14-9-21-15(8-17)19-14/h4-6,9,12H,7-8,17H2,1-3H3,(H,18,20). The first-order valence-corrected chi connectivity index (χ1v) is 7.89.